The minimum absolute atomic E-state index is 0.0447. The zero-order valence-corrected chi connectivity index (χ0v) is 12.9. The Balaban J connectivity index is 2.14. The highest BCUT2D eigenvalue weighted by Gasteiger charge is 2.31. The molecule has 0 saturated heterocycles. The van der Waals surface area contributed by atoms with E-state index < -0.39 is 11.7 Å². The predicted octanol–water partition coefficient (Wildman–Crippen LogP) is 4.26. The van der Waals surface area contributed by atoms with Crippen LogP contribution >= 0.6 is 0 Å². The fourth-order valence-electron chi connectivity index (χ4n) is 2.23. The van der Waals surface area contributed by atoms with E-state index in [-0.39, 0.29) is 28.2 Å². The fourth-order valence-corrected chi connectivity index (χ4v) is 2.23. The number of carbonyl (C=O) groups is 1. The van der Waals surface area contributed by atoms with Crippen molar-refractivity contribution in [1.82, 2.24) is 9.97 Å². The molecule has 0 amide bonds. The van der Waals surface area contributed by atoms with Crippen LogP contribution < -0.4 is 9.47 Å². The number of hydrogen-bond acceptors (Lipinski definition) is 5. The number of ether oxygens (including phenoxy) is 2. The van der Waals surface area contributed by atoms with Crippen molar-refractivity contribution in [2.24, 2.45) is 0 Å². The molecule has 0 saturated carbocycles. The molecule has 0 radical (unpaired) electrons. The molecule has 0 unspecified atom stereocenters. The van der Waals surface area contributed by atoms with E-state index in [0.717, 1.165) is 12.1 Å². The predicted molar refractivity (Wildman–Crippen MR) is 83.0 cm³/mol. The number of rotatable bonds is 4. The summed E-state index contributed by atoms with van der Waals surface area (Å²) in [6, 6.07) is 7.31. The van der Waals surface area contributed by atoms with Gasteiger partial charge in [-0.25, -0.2) is 9.97 Å². The number of methoxy groups -OCH3 is 1. The van der Waals surface area contributed by atoms with Gasteiger partial charge in [0.05, 0.1) is 18.2 Å². The van der Waals surface area contributed by atoms with Crippen molar-refractivity contribution in [2.75, 3.05) is 7.11 Å². The summed E-state index contributed by atoms with van der Waals surface area (Å²) < 4.78 is 49.6. The third kappa shape index (κ3) is 3.52. The number of carbonyl (C=O) groups excluding carboxylic acids is 1. The highest BCUT2D eigenvalue weighted by Crippen LogP contribution is 2.36. The Kier molecular flexibility index (Phi) is 4.26. The molecule has 5 nitrogen and oxygen atoms in total. The number of alkyl halides is 3. The second-order valence-corrected chi connectivity index (χ2v) is 5.03. The first kappa shape index (κ1) is 16.7. The van der Waals surface area contributed by atoms with E-state index in [0.29, 0.717) is 12.0 Å². The Morgan fingerprint density at radius 2 is 1.92 bits per heavy atom. The van der Waals surface area contributed by atoms with Crippen molar-refractivity contribution in [3.8, 4) is 17.4 Å². The maximum absolute atomic E-state index is 13.0. The monoisotopic (exact) mass is 348 g/mol. The van der Waals surface area contributed by atoms with Crippen molar-refractivity contribution in [3.63, 3.8) is 0 Å². The fraction of sp³-hybridized carbons (Fsp3) is 0.118. The second kappa shape index (κ2) is 6.39. The van der Waals surface area contributed by atoms with Gasteiger partial charge in [0.2, 0.25) is 5.88 Å². The Morgan fingerprint density at radius 1 is 1.12 bits per heavy atom. The molecule has 3 aromatic rings. The average Bonchev–Trinajstić information content (AvgIpc) is 2.60. The summed E-state index contributed by atoms with van der Waals surface area (Å²) in [5, 5.41) is 0.135. The quantitative estimate of drug-likeness (QED) is 0.659. The van der Waals surface area contributed by atoms with E-state index in [9.17, 15) is 18.0 Å². The van der Waals surface area contributed by atoms with Crippen molar-refractivity contribution in [1.29, 1.82) is 0 Å². The lowest BCUT2D eigenvalue weighted by atomic mass is 10.1. The van der Waals surface area contributed by atoms with Crippen LogP contribution in [0.15, 0.2) is 42.6 Å². The Bertz CT molecular complexity index is 942. The van der Waals surface area contributed by atoms with Crippen LogP contribution in [0.4, 0.5) is 13.2 Å². The molecule has 25 heavy (non-hydrogen) atoms. The third-order valence-electron chi connectivity index (χ3n) is 3.38. The molecular formula is C17H11F3N2O3. The summed E-state index contributed by atoms with van der Waals surface area (Å²) in [6.07, 6.45) is -2.58. The second-order valence-electron chi connectivity index (χ2n) is 5.03. The van der Waals surface area contributed by atoms with Crippen LogP contribution in [0, 0.1) is 0 Å². The average molecular weight is 348 g/mol. The normalized spacial score (nSPS) is 11.4. The largest absolute Gasteiger partial charge is 0.481 e. The van der Waals surface area contributed by atoms with E-state index in [2.05, 4.69) is 9.97 Å². The lowest BCUT2D eigenvalue weighted by Crippen LogP contribution is -2.05. The zero-order chi connectivity index (χ0) is 18.0. The number of fused-ring (bicyclic) bond motifs is 1. The van der Waals surface area contributed by atoms with Crippen LogP contribution in [-0.4, -0.2) is 23.4 Å². The number of halogens is 3. The number of aromatic nitrogens is 2. The summed E-state index contributed by atoms with van der Waals surface area (Å²) in [5.74, 6) is 0.655. The molecule has 0 N–H and O–H groups in total. The summed E-state index contributed by atoms with van der Waals surface area (Å²) in [5.41, 5.74) is -0.574. The summed E-state index contributed by atoms with van der Waals surface area (Å²) >= 11 is 0. The van der Waals surface area contributed by atoms with Gasteiger partial charge in [0.15, 0.2) is 6.29 Å². The van der Waals surface area contributed by atoms with Crippen molar-refractivity contribution in [3.05, 3.63) is 53.9 Å². The van der Waals surface area contributed by atoms with Gasteiger partial charge in [0, 0.05) is 23.7 Å². The van der Waals surface area contributed by atoms with Gasteiger partial charge < -0.3 is 9.47 Å². The Morgan fingerprint density at radius 3 is 2.60 bits per heavy atom. The van der Waals surface area contributed by atoms with E-state index in [1.807, 2.05) is 0 Å². The molecule has 3 rings (SSSR count). The van der Waals surface area contributed by atoms with Gasteiger partial charge in [-0.05, 0) is 24.3 Å². The number of aldehydes is 1. The van der Waals surface area contributed by atoms with Gasteiger partial charge in [-0.2, -0.15) is 13.2 Å². The minimum atomic E-state index is -4.51. The minimum Gasteiger partial charge on any atom is -0.481 e. The molecule has 2 aromatic heterocycles. The maximum Gasteiger partial charge on any atom is 0.416 e. The SMILES string of the molecule is COc1cc(Oc2cc(C=O)nc3ccc(C(F)(F)F)cc23)ccn1. The highest BCUT2D eigenvalue weighted by molar-refractivity contribution is 5.89. The molecule has 0 bridgehead atoms. The lowest BCUT2D eigenvalue weighted by molar-refractivity contribution is -0.137. The molecule has 0 fully saturated rings. The summed E-state index contributed by atoms with van der Waals surface area (Å²) in [6.45, 7) is 0. The zero-order valence-electron chi connectivity index (χ0n) is 12.9. The molecule has 8 heteroatoms. The molecular weight excluding hydrogens is 337 g/mol. The van der Waals surface area contributed by atoms with Crippen LogP contribution in [0.2, 0.25) is 0 Å². The number of nitrogens with zero attached hydrogens (tertiary/aromatic N) is 2. The number of benzene rings is 1. The van der Waals surface area contributed by atoms with Crippen molar-refractivity contribution in [2.45, 2.75) is 6.18 Å². The molecule has 0 atom stereocenters. The third-order valence-corrected chi connectivity index (χ3v) is 3.38. The van der Waals surface area contributed by atoms with Crippen LogP contribution in [0.3, 0.4) is 0 Å². The summed E-state index contributed by atoms with van der Waals surface area (Å²) in [4.78, 5) is 19.0. The first-order valence-corrected chi connectivity index (χ1v) is 7.06. The smallest absolute Gasteiger partial charge is 0.416 e. The maximum atomic E-state index is 13.0. The van der Waals surface area contributed by atoms with Gasteiger partial charge in [-0.3, -0.25) is 4.79 Å². The Labute approximate surface area is 140 Å². The number of hydrogen-bond donors (Lipinski definition) is 0. The van der Waals surface area contributed by atoms with E-state index in [1.165, 1.54) is 37.6 Å². The van der Waals surface area contributed by atoms with E-state index in [1.54, 1.807) is 0 Å². The van der Waals surface area contributed by atoms with Gasteiger partial charge in [-0.1, -0.05) is 0 Å². The van der Waals surface area contributed by atoms with Gasteiger partial charge in [-0.15, -0.1) is 0 Å². The molecule has 0 spiro atoms. The molecule has 128 valence electrons. The first-order chi connectivity index (χ1) is 11.9. The lowest BCUT2D eigenvalue weighted by Gasteiger charge is -2.12. The van der Waals surface area contributed by atoms with Crippen LogP contribution in [0.25, 0.3) is 10.9 Å². The van der Waals surface area contributed by atoms with Crippen LogP contribution in [0.1, 0.15) is 16.1 Å². The molecule has 2 heterocycles. The first-order valence-electron chi connectivity index (χ1n) is 7.06. The number of pyridine rings is 2. The molecule has 1 aromatic carbocycles. The Hall–Kier alpha value is -3.16. The van der Waals surface area contributed by atoms with Crippen molar-refractivity contribution < 1.29 is 27.4 Å². The standard InChI is InChI=1S/C17H11F3N2O3/c1-24-16-8-12(4-5-21-16)25-15-7-11(9-23)22-14-3-2-10(6-13(14)15)17(18,19)20/h2-9H,1H3. The molecule has 0 aliphatic heterocycles. The van der Waals surface area contributed by atoms with Crippen LogP contribution in [-0.2, 0) is 6.18 Å². The van der Waals surface area contributed by atoms with Crippen molar-refractivity contribution >= 4 is 17.2 Å². The highest BCUT2D eigenvalue weighted by atomic mass is 19.4. The molecule has 0 aliphatic carbocycles. The molecule has 0 aliphatic rings. The van der Waals surface area contributed by atoms with Gasteiger partial charge in [0.1, 0.15) is 17.2 Å². The van der Waals surface area contributed by atoms with E-state index >= 15 is 0 Å². The van der Waals surface area contributed by atoms with Crippen LogP contribution in [0.5, 0.6) is 17.4 Å². The van der Waals surface area contributed by atoms with Gasteiger partial charge in [0.25, 0.3) is 0 Å². The van der Waals surface area contributed by atoms with E-state index in [4.69, 9.17) is 9.47 Å². The topological polar surface area (TPSA) is 61.3 Å². The van der Waals surface area contributed by atoms with Gasteiger partial charge >= 0.3 is 6.18 Å². The summed E-state index contributed by atoms with van der Waals surface area (Å²) in [7, 11) is 1.42.